The number of anilines is 1. The minimum absolute atomic E-state index is 0.106. The number of hydrogen-bond acceptors (Lipinski definition) is 3. The number of benzene rings is 1. The van der Waals surface area contributed by atoms with Crippen LogP contribution in [0.25, 0.3) is 0 Å². The third-order valence-corrected chi connectivity index (χ3v) is 2.22. The van der Waals surface area contributed by atoms with E-state index in [-0.39, 0.29) is 12.3 Å². The second-order valence-electron chi connectivity index (χ2n) is 3.45. The SMILES string of the molecule is Cc1ncoc1CC(=O)Nc1ccccc1. The van der Waals surface area contributed by atoms with Crippen molar-refractivity contribution in [2.24, 2.45) is 0 Å². The normalized spacial score (nSPS) is 10.1. The lowest BCUT2D eigenvalue weighted by Crippen LogP contribution is -2.14. The van der Waals surface area contributed by atoms with Gasteiger partial charge >= 0.3 is 0 Å². The molecule has 0 bridgehead atoms. The zero-order chi connectivity index (χ0) is 11.4. The molecule has 0 saturated carbocycles. The number of oxazole rings is 1. The average molecular weight is 216 g/mol. The van der Waals surface area contributed by atoms with Gasteiger partial charge in [0.05, 0.1) is 12.1 Å². The van der Waals surface area contributed by atoms with Crippen LogP contribution in [-0.4, -0.2) is 10.9 Å². The minimum atomic E-state index is -0.106. The highest BCUT2D eigenvalue weighted by atomic mass is 16.3. The van der Waals surface area contributed by atoms with Gasteiger partial charge in [0.2, 0.25) is 5.91 Å². The summed E-state index contributed by atoms with van der Waals surface area (Å²) in [6, 6.07) is 9.32. The molecule has 0 unspecified atom stereocenters. The molecular formula is C12H12N2O2. The van der Waals surface area contributed by atoms with Crippen molar-refractivity contribution in [3.63, 3.8) is 0 Å². The van der Waals surface area contributed by atoms with Gasteiger partial charge in [-0.25, -0.2) is 4.98 Å². The van der Waals surface area contributed by atoms with Crippen molar-refractivity contribution in [1.29, 1.82) is 0 Å². The molecule has 1 aromatic carbocycles. The second-order valence-corrected chi connectivity index (χ2v) is 3.45. The van der Waals surface area contributed by atoms with E-state index in [1.807, 2.05) is 37.3 Å². The Kier molecular flexibility index (Phi) is 3.00. The molecule has 2 aromatic rings. The first-order chi connectivity index (χ1) is 7.75. The van der Waals surface area contributed by atoms with Gasteiger partial charge in [-0.05, 0) is 19.1 Å². The van der Waals surface area contributed by atoms with Gasteiger partial charge in [0, 0.05) is 5.69 Å². The number of nitrogens with one attached hydrogen (secondary N) is 1. The molecule has 1 amide bonds. The summed E-state index contributed by atoms with van der Waals surface area (Å²) in [5, 5.41) is 2.78. The first-order valence-corrected chi connectivity index (χ1v) is 4.99. The number of nitrogens with zero attached hydrogens (tertiary/aromatic N) is 1. The van der Waals surface area contributed by atoms with Gasteiger partial charge in [0.1, 0.15) is 5.76 Å². The Labute approximate surface area is 93.3 Å². The van der Waals surface area contributed by atoms with Gasteiger partial charge in [-0.3, -0.25) is 4.79 Å². The molecule has 0 aliphatic heterocycles. The molecule has 0 atom stereocenters. The monoisotopic (exact) mass is 216 g/mol. The molecule has 0 aliphatic carbocycles. The van der Waals surface area contributed by atoms with Gasteiger partial charge in [-0.1, -0.05) is 18.2 Å². The molecule has 1 aromatic heterocycles. The predicted molar refractivity (Wildman–Crippen MR) is 60.0 cm³/mol. The van der Waals surface area contributed by atoms with Crippen molar-refractivity contribution >= 4 is 11.6 Å². The molecule has 0 radical (unpaired) electrons. The Bertz CT molecular complexity index is 477. The summed E-state index contributed by atoms with van der Waals surface area (Å²) in [6.45, 7) is 1.81. The Morgan fingerprint density at radius 3 is 2.75 bits per heavy atom. The maximum atomic E-state index is 11.6. The zero-order valence-electron chi connectivity index (χ0n) is 8.93. The quantitative estimate of drug-likeness (QED) is 0.855. The lowest BCUT2D eigenvalue weighted by molar-refractivity contribution is -0.115. The smallest absolute Gasteiger partial charge is 0.232 e. The van der Waals surface area contributed by atoms with E-state index < -0.39 is 0 Å². The van der Waals surface area contributed by atoms with Crippen LogP contribution in [-0.2, 0) is 11.2 Å². The van der Waals surface area contributed by atoms with E-state index in [1.54, 1.807) is 0 Å². The Morgan fingerprint density at radius 2 is 2.12 bits per heavy atom. The molecule has 82 valence electrons. The second kappa shape index (κ2) is 4.61. The highest BCUT2D eigenvalue weighted by molar-refractivity contribution is 5.91. The van der Waals surface area contributed by atoms with Crippen LogP contribution in [0.2, 0.25) is 0 Å². The van der Waals surface area contributed by atoms with Crippen LogP contribution in [0.5, 0.6) is 0 Å². The summed E-state index contributed by atoms with van der Waals surface area (Å²) in [4.78, 5) is 15.6. The Balaban J connectivity index is 1.98. The zero-order valence-corrected chi connectivity index (χ0v) is 8.93. The largest absolute Gasteiger partial charge is 0.448 e. The fourth-order valence-electron chi connectivity index (χ4n) is 1.37. The van der Waals surface area contributed by atoms with Crippen molar-refractivity contribution in [1.82, 2.24) is 4.98 Å². The van der Waals surface area contributed by atoms with Crippen LogP contribution in [0, 0.1) is 6.92 Å². The maximum absolute atomic E-state index is 11.6. The Morgan fingerprint density at radius 1 is 1.38 bits per heavy atom. The summed E-state index contributed by atoms with van der Waals surface area (Å²) in [7, 11) is 0. The molecule has 0 saturated heterocycles. The van der Waals surface area contributed by atoms with E-state index in [0.29, 0.717) is 5.76 Å². The first kappa shape index (κ1) is 10.4. The van der Waals surface area contributed by atoms with E-state index in [0.717, 1.165) is 11.4 Å². The lowest BCUT2D eigenvalue weighted by atomic mass is 10.2. The van der Waals surface area contributed by atoms with E-state index in [2.05, 4.69) is 10.3 Å². The maximum Gasteiger partial charge on any atom is 0.232 e. The summed E-state index contributed by atoms with van der Waals surface area (Å²) < 4.78 is 5.10. The third kappa shape index (κ3) is 2.48. The van der Waals surface area contributed by atoms with Crippen LogP contribution in [0.3, 0.4) is 0 Å². The molecule has 0 aliphatic rings. The van der Waals surface area contributed by atoms with E-state index in [4.69, 9.17) is 4.42 Å². The molecular weight excluding hydrogens is 204 g/mol. The molecule has 4 heteroatoms. The number of hydrogen-bond donors (Lipinski definition) is 1. The molecule has 2 rings (SSSR count). The Hall–Kier alpha value is -2.10. The van der Waals surface area contributed by atoms with E-state index in [1.165, 1.54) is 6.39 Å². The highest BCUT2D eigenvalue weighted by Gasteiger charge is 2.09. The van der Waals surface area contributed by atoms with E-state index in [9.17, 15) is 4.79 Å². The van der Waals surface area contributed by atoms with Gasteiger partial charge in [-0.15, -0.1) is 0 Å². The van der Waals surface area contributed by atoms with Crippen LogP contribution in [0.1, 0.15) is 11.5 Å². The number of rotatable bonds is 3. The third-order valence-electron chi connectivity index (χ3n) is 2.22. The molecule has 0 spiro atoms. The number of amides is 1. The minimum Gasteiger partial charge on any atom is -0.448 e. The standard InChI is InChI=1S/C12H12N2O2/c1-9-11(16-8-13-9)7-12(15)14-10-5-3-2-4-6-10/h2-6,8H,7H2,1H3,(H,14,15). The van der Waals surface area contributed by atoms with Crippen molar-refractivity contribution in [2.45, 2.75) is 13.3 Å². The van der Waals surface area contributed by atoms with Crippen molar-refractivity contribution < 1.29 is 9.21 Å². The van der Waals surface area contributed by atoms with Crippen molar-refractivity contribution in [2.75, 3.05) is 5.32 Å². The summed E-state index contributed by atoms with van der Waals surface area (Å²) in [6.07, 6.45) is 1.56. The summed E-state index contributed by atoms with van der Waals surface area (Å²) in [5.41, 5.74) is 1.54. The molecule has 16 heavy (non-hydrogen) atoms. The number of carbonyl (C=O) groups is 1. The summed E-state index contributed by atoms with van der Waals surface area (Å²) >= 11 is 0. The topological polar surface area (TPSA) is 55.1 Å². The number of aryl methyl sites for hydroxylation is 1. The lowest BCUT2D eigenvalue weighted by Gasteiger charge is -2.03. The van der Waals surface area contributed by atoms with Crippen LogP contribution in [0.4, 0.5) is 5.69 Å². The van der Waals surface area contributed by atoms with Crippen molar-refractivity contribution in [3.05, 3.63) is 48.2 Å². The first-order valence-electron chi connectivity index (χ1n) is 4.99. The van der Waals surface area contributed by atoms with Gasteiger partial charge in [-0.2, -0.15) is 0 Å². The van der Waals surface area contributed by atoms with Crippen molar-refractivity contribution in [3.8, 4) is 0 Å². The van der Waals surface area contributed by atoms with Crippen LogP contribution in [0.15, 0.2) is 41.1 Å². The molecule has 1 N–H and O–H groups in total. The predicted octanol–water partition coefficient (Wildman–Crippen LogP) is 2.16. The molecule has 0 fully saturated rings. The number of carbonyl (C=O) groups excluding carboxylic acids is 1. The number of aromatic nitrogens is 1. The van der Waals surface area contributed by atoms with Crippen LogP contribution < -0.4 is 5.32 Å². The number of para-hydroxylation sites is 1. The fourth-order valence-corrected chi connectivity index (χ4v) is 1.37. The van der Waals surface area contributed by atoms with Crippen LogP contribution >= 0.6 is 0 Å². The fraction of sp³-hybridized carbons (Fsp3) is 0.167. The summed E-state index contributed by atoms with van der Waals surface area (Å²) in [5.74, 6) is 0.500. The van der Waals surface area contributed by atoms with Gasteiger partial charge < -0.3 is 9.73 Å². The average Bonchev–Trinajstić information content (AvgIpc) is 2.66. The molecule has 4 nitrogen and oxygen atoms in total. The molecule has 1 heterocycles. The van der Waals surface area contributed by atoms with Gasteiger partial charge in [0.15, 0.2) is 6.39 Å². The highest BCUT2D eigenvalue weighted by Crippen LogP contribution is 2.09. The van der Waals surface area contributed by atoms with E-state index >= 15 is 0 Å². The van der Waals surface area contributed by atoms with Gasteiger partial charge in [0.25, 0.3) is 0 Å².